The van der Waals surface area contributed by atoms with Crippen LogP contribution in [0.4, 0.5) is 23.5 Å². The molecule has 0 aromatic carbocycles. The Kier molecular flexibility index (Phi) is 4.84. The molecule has 4 rings (SSSR count). The van der Waals surface area contributed by atoms with Crippen molar-refractivity contribution >= 4 is 11.9 Å². The highest BCUT2D eigenvalue weighted by molar-refractivity contribution is 5.84. The van der Waals surface area contributed by atoms with E-state index in [4.69, 9.17) is 4.74 Å². The molecule has 156 valence electrons. The Morgan fingerprint density at radius 2 is 2.00 bits per heavy atom. The van der Waals surface area contributed by atoms with E-state index in [9.17, 15) is 22.4 Å². The van der Waals surface area contributed by atoms with Gasteiger partial charge < -0.3 is 15.0 Å². The van der Waals surface area contributed by atoms with Crippen molar-refractivity contribution < 1.29 is 27.1 Å². The molecule has 10 heteroatoms. The lowest BCUT2D eigenvalue weighted by atomic mass is 9.93. The molecule has 2 bridgehead atoms. The number of amides is 1. The maximum Gasteiger partial charge on any atom is 0.419 e. The molecule has 2 fully saturated rings. The van der Waals surface area contributed by atoms with Gasteiger partial charge in [0.15, 0.2) is 0 Å². The highest BCUT2D eigenvalue weighted by Gasteiger charge is 2.53. The Labute approximate surface area is 164 Å². The molecule has 1 N–H and O–H groups in total. The molecule has 0 radical (unpaired) electrons. The Bertz CT molecular complexity index is 842. The molecular weight excluding hydrogens is 392 g/mol. The molecule has 1 aromatic rings. The Morgan fingerprint density at radius 3 is 2.66 bits per heavy atom. The largest absolute Gasteiger partial charge is 0.419 e. The zero-order valence-corrected chi connectivity index (χ0v) is 15.6. The second-order valence-electron chi connectivity index (χ2n) is 7.45. The number of carbonyl (C=O) groups is 1. The van der Waals surface area contributed by atoms with Gasteiger partial charge in [-0.2, -0.15) is 13.2 Å². The maximum absolute atomic E-state index is 15.0. The summed E-state index contributed by atoms with van der Waals surface area (Å²) in [7, 11) is 1.22. The van der Waals surface area contributed by atoms with E-state index in [1.54, 1.807) is 11.0 Å². The van der Waals surface area contributed by atoms with Crippen LogP contribution in [0.25, 0.3) is 0 Å². The predicted molar refractivity (Wildman–Crippen MR) is 95.3 cm³/mol. The average molecular weight is 412 g/mol. The number of carbonyl (C=O) groups excluding carboxylic acids is 1. The van der Waals surface area contributed by atoms with Crippen molar-refractivity contribution in [1.29, 1.82) is 0 Å². The molecule has 1 aliphatic carbocycles. The van der Waals surface area contributed by atoms with Gasteiger partial charge >= 0.3 is 6.18 Å². The zero-order valence-electron chi connectivity index (χ0n) is 15.6. The van der Waals surface area contributed by atoms with Crippen LogP contribution in [0, 0.1) is 5.92 Å². The van der Waals surface area contributed by atoms with Gasteiger partial charge in [0, 0.05) is 25.5 Å². The number of allylic oxidation sites excluding steroid dienone is 2. The van der Waals surface area contributed by atoms with Crippen LogP contribution in [0.2, 0.25) is 0 Å². The first kappa shape index (κ1) is 19.8. The number of ether oxygens (including phenoxy) is 1. The summed E-state index contributed by atoms with van der Waals surface area (Å²) in [6.45, 7) is 0. The topological polar surface area (TPSA) is 67.3 Å². The fraction of sp³-hybridized carbons (Fsp3) is 0.526. The van der Waals surface area contributed by atoms with Crippen molar-refractivity contribution in [3.63, 3.8) is 0 Å². The molecule has 1 aromatic heterocycles. The smallest absolute Gasteiger partial charge is 0.349 e. The lowest BCUT2D eigenvalue weighted by Crippen LogP contribution is -2.49. The number of alkyl halides is 4. The van der Waals surface area contributed by atoms with Gasteiger partial charge in [0.05, 0.1) is 17.6 Å². The van der Waals surface area contributed by atoms with Crippen molar-refractivity contribution in [2.45, 2.75) is 49.4 Å². The third-order valence-corrected chi connectivity index (χ3v) is 5.83. The van der Waals surface area contributed by atoms with Gasteiger partial charge in [-0.3, -0.25) is 4.79 Å². The summed E-state index contributed by atoms with van der Waals surface area (Å²) in [6.07, 6.45) is 4.87. The van der Waals surface area contributed by atoms with Crippen LogP contribution in [0.3, 0.4) is 0 Å². The van der Waals surface area contributed by atoms with E-state index in [1.807, 2.05) is 0 Å². The number of hydrogen-bond acceptors (Lipinski definition) is 5. The van der Waals surface area contributed by atoms with Gasteiger partial charge in [-0.15, -0.1) is 0 Å². The van der Waals surface area contributed by atoms with E-state index in [-0.39, 0.29) is 30.0 Å². The number of nitrogens with one attached hydrogen (secondary N) is 1. The first-order chi connectivity index (χ1) is 13.7. The second kappa shape index (κ2) is 7.08. The van der Waals surface area contributed by atoms with Gasteiger partial charge in [-0.25, -0.2) is 14.4 Å². The molecule has 2 aliphatic heterocycles. The summed E-state index contributed by atoms with van der Waals surface area (Å²) in [4.78, 5) is 22.3. The number of anilines is 1. The van der Waals surface area contributed by atoms with Crippen LogP contribution in [0.1, 0.15) is 24.8 Å². The summed E-state index contributed by atoms with van der Waals surface area (Å²) >= 11 is 0. The first-order valence-electron chi connectivity index (χ1n) is 9.31. The minimum Gasteiger partial charge on any atom is -0.349 e. The van der Waals surface area contributed by atoms with Gasteiger partial charge in [-0.05, 0) is 25.3 Å². The molecule has 5 atom stereocenters. The molecule has 1 amide bonds. The highest BCUT2D eigenvalue weighted by Crippen LogP contribution is 2.42. The van der Waals surface area contributed by atoms with Crippen LogP contribution in [0.15, 0.2) is 36.7 Å². The van der Waals surface area contributed by atoms with Gasteiger partial charge in [0.25, 0.3) is 0 Å². The van der Waals surface area contributed by atoms with Crippen molar-refractivity contribution in [2.24, 2.45) is 5.92 Å². The summed E-state index contributed by atoms with van der Waals surface area (Å²) in [5.41, 5.74) is -0.927. The number of methoxy groups -OCH3 is 1. The monoisotopic (exact) mass is 412 g/mol. The summed E-state index contributed by atoms with van der Waals surface area (Å²) in [6, 6.07) is -0.493. The van der Waals surface area contributed by atoms with E-state index >= 15 is 0 Å². The summed E-state index contributed by atoms with van der Waals surface area (Å²) in [5.74, 6) is -3.57. The zero-order chi connectivity index (χ0) is 20.8. The Morgan fingerprint density at radius 1 is 1.28 bits per heavy atom. The molecular formula is C19H20F4N4O2. The third kappa shape index (κ3) is 3.50. The Balaban J connectivity index is 1.48. The van der Waals surface area contributed by atoms with E-state index in [1.165, 1.54) is 25.3 Å². The second-order valence-corrected chi connectivity index (χ2v) is 7.45. The third-order valence-electron chi connectivity index (χ3n) is 5.83. The lowest BCUT2D eigenvalue weighted by Gasteiger charge is -2.34. The molecule has 5 unspecified atom stereocenters. The molecule has 0 saturated carbocycles. The van der Waals surface area contributed by atoms with E-state index in [0.29, 0.717) is 12.8 Å². The molecule has 2 saturated heterocycles. The number of halogens is 4. The van der Waals surface area contributed by atoms with Crippen LogP contribution in [-0.4, -0.2) is 51.9 Å². The predicted octanol–water partition coefficient (Wildman–Crippen LogP) is 3.09. The van der Waals surface area contributed by atoms with E-state index in [2.05, 4.69) is 15.3 Å². The fourth-order valence-corrected chi connectivity index (χ4v) is 4.41. The minimum atomic E-state index is -4.50. The van der Waals surface area contributed by atoms with Gasteiger partial charge in [0.2, 0.25) is 17.7 Å². The quantitative estimate of drug-likeness (QED) is 0.770. The SMILES string of the molecule is COC1(F)C=CC=CC1C(=O)N1C2CCC1C(Nc1ncc(C(F)(F)F)cn1)C2. The van der Waals surface area contributed by atoms with Gasteiger partial charge in [0.1, 0.15) is 5.92 Å². The first-order valence-corrected chi connectivity index (χ1v) is 9.31. The molecule has 6 nitrogen and oxygen atoms in total. The van der Waals surface area contributed by atoms with Gasteiger partial charge in [-0.1, -0.05) is 18.2 Å². The van der Waals surface area contributed by atoms with Crippen molar-refractivity contribution in [3.05, 3.63) is 42.3 Å². The van der Waals surface area contributed by atoms with Crippen LogP contribution in [0.5, 0.6) is 0 Å². The number of nitrogens with zero attached hydrogens (tertiary/aromatic N) is 3. The summed E-state index contributed by atoms with van der Waals surface area (Å²) < 4.78 is 57.9. The van der Waals surface area contributed by atoms with Crippen molar-refractivity contribution in [2.75, 3.05) is 12.4 Å². The molecule has 3 aliphatic rings. The van der Waals surface area contributed by atoms with Crippen LogP contribution in [-0.2, 0) is 15.7 Å². The fourth-order valence-electron chi connectivity index (χ4n) is 4.41. The maximum atomic E-state index is 15.0. The number of fused-ring (bicyclic) bond motifs is 2. The molecule has 0 spiro atoms. The van der Waals surface area contributed by atoms with E-state index < -0.39 is 23.5 Å². The van der Waals surface area contributed by atoms with Crippen LogP contribution >= 0.6 is 0 Å². The highest BCUT2D eigenvalue weighted by atomic mass is 19.4. The van der Waals surface area contributed by atoms with E-state index in [0.717, 1.165) is 18.8 Å². The minimum absolute atomic E-state index is 0.0696. The number of rotatable bonds is 4. The van der Waals surface area contributed by atoms with Crippen LogP contribution < -0.4 is 5.32 Å². The average Bonchev–Trinajstić information content (AvgIpc) is 3.25. The standard InChI is InChI=1S/C19H20F4N4O2/c1-29-18(20)7-3-2-4-13(18)16(28)27-12-5-6-15(27)14(8-12)26-17-24-9-11(10-25-17)19(21,22)23/h2-4,7,9-10,12-15H,5-6,8H2,1H3,(H,24,25,26). The number of hydrogen-bond donors (Lipinski definition) is 1. The Hall–Kier alpha value is -2.49. The normalized spacial score (nSPS) is 33.3. The lowest BCUT2D eigenvalue weighted by molar-refractivity contribution is -0.157. The molecule has 3 heterocycles. The molecule has 29 heavy (non-hydrogen) atoms. The van der Waals surface area contributed by atoms with Crippen molar-refractivity contribution in [1.82, 2.24) is 14.9 Å². The van der Waals surface area contributed by atoms with Crippen molar-refractivity contribution in [3.8, 4) is 0 Å². The number of aromatic nitrogens is 2. The summed E-state index contributed by atoms with van der Waals surface area (Å²) in [5, 5.41) is 3.03.